The standard InChI is InChI=1S/C15H20O4/c1-7-4-10-9(8(2)13(16)18-10)5-11-14(3,17)6-12-15(7,11)19-12/h7,9-12,17H,2,4-6H2,1,3H3/t7-,9+,10+,11+,12-,14+,15+/m0/s1. The number of carbonyl (C=O) groups is 1. The highest BCUT2D eigenvalue weighted by molar-refractivity contribution is 5.90. The second-order valence-electron chi connectivity index (χ2n) is 7.02. The van der Waals surface area contributed by atoms with E-state index in [-0.39, 0.29) is 35.6 Å². The monoisotopic (exact) mass is 264 g/mol. The van der Waals surface area contributed by atoms with Crippen LogP contribution in [0.1, 0.15) is 33.1 Å². The molecule has 0 bridgehead atoms. The number of aliphatic hydroxyl groups is 1. The lowest BCUT2D eigenvalue weighted by Gasteiger charge is -2.33. The van der Waals surface area contributed by atoms with Crippen LogP contribution < -0.4 is 0 Å². The molecule has 2 heterocycles. The Hall–Kier alpha value is -0.870. The van der Waals surface area contributed by atoms with Gasteiger partial charge in [-0.15, -0.1) is 0 Å². The first kappa shape index (κ1) is 11.9. The lowest BCUT2D eigenvalue weighted by Crippen LogP contribution is -2.41. The summed E-state index contributed by atoms with van der Waals surface area (Å²) in [5.74, 6) is 0.184. The predicted molar refractivity (Wildman–Crippen MR) is 67.2 cm³/mol. The highest BCUT2D eigenvalue weighted by Crippen LogP contribution is 2.66. The number of carbonyl (C=O) groups excluding carboxylic acids is 1. The van der Waals surface area contributed by atoms with E-state index in [4.69, 9.17) is 9.47 Å². The van der Waals surface area contributed by atoms with E-state index in [0.717, 1.165) is 12.8 Å². The largest absolute Gasteiger partial charge is 0.458 e. The van der Waals surface area contributed by atoms with Gasteiger partial charge in [-0.05, 0) is 25.7 Å². The predicted octanol–water partition coefficient (Wildman–Crippen LogP) is 1.42. The molecule has 4 rings (SSSR count). The Morgan fingerprint density at radius 3 is 2.89 bits per heavy atom. The van der Waals surface area contributed by atoms with Gasteiger partial charge in [0, 0.05) is 23.8 Å². The van der Waals surface area contributed by atoms with Crippen molar-refractivity contribution in [1.82, 2.24) is 0 Å². The van der Waals surface area contributed by atoms with Gasteiger partial charge in [-0.25, -0.2) is 4.79 Å². The van der Waals surface area contributed by atoms with Crippen LogP contribution in [0.25, 0.3) is 0 Å². The molecule has 104 valence electrons. The molecule has 2 aliphatic carbocycles. The zero-order valence-electron chi connectivity index (χ0n) is 11.4. The summed E-state index contributed by atoms with van der Waals surface area (Å²) in [5, 5.41) is 10.7. The maximum atomic E-state index is 11.7. The fraction of sp³-hybridized carbons (Fsp3) is 0.800. The van der Waals surface area contributed by atoms with Crippen molar-refractivity contribution in [3.8, 4) is 0 Å². The van der Waals surface area contributed by atoms with Gasteiger partial charge >= 0.3 is 5.97 Å². The summed E-state index contributed by atoms with van der Waals surface area (Å²) in [5.41, 5.74) is -0.299. The maximum absolute atomic E-state index is 11.7. The van der Waals surface area contributed by atoms with Crippen molar-refractivity contribution in [2.75, 3.05) is 0 Å². The van der Waals surface area contributed by atoms with Crippen LogP contribution in [0.3, 0.4) is 0 Å². The molecule has 2 aliphatic heterocycles. The first-order valence-electron chi connectivity index (χ1n) is 7.16. The Labute approximate surface area is 112 Å². The average molecular weight is 264 g/mol. The Morgan fingerprint density at radius 1 is 1.42 bits per heavy atom. The molecule has 2 saturated carbocycles. The summed E-state index contributed by atoms with van der Waals surface area (Å²) in [7, 11) is 0. The van der Waals surface area contributed by atoms with Gasteiger partial charge in [0.15, 0.2) is 0 Å². The Morgan fingerprint density at radius 2 is 2.16 bits per heavy atom. The molecule has 0 aromatic rings. The molecule has 0 aromatic carbocycles. The number of esters is 1. The average Bonchev–Trinajstić information content (AvgIpc) is 2.90. The van der Waals surface area contributed by atoms with Crippen LogP contribution >= 0.6 is 0 Å². The zero-order valence-corrected chi connectivity index (χ0v) is 11.4. The van der Waals surface area contributed by atoms with Gasteiger partial charge in [0.2, 0.25) is 0 Å². The minimum Gasteiger partial charge on any atom is -0.458 e. The van der Waals surface area contributed by atoms with Crippen molar-refractivity contribution < 1.29 is 19.4 Å². The molecule has 1 N–H and O–H groups in total. The number of ether oxygens (including phenoxy) is 2. The van der Waals surface area contributed by atoms with Gasteiger partial charge in [-0.2, -0.15) is 0 Å². The third-order valence-electron chi connectivity index (χ3n) is 5.95. The van der Waals surface area contributed by atoms with Gasteiger partial charge in [-0.3, -0.25) is 0 Å². The molecule has 0 unspecified atom stereocenters. The van der Waals surface area contributed by atoms with E-state index in [9.17, 15) is 9.90 Å². The van der Waals surface area contributed by atoms with E-state index in [1.165, 1.54) is 0 Å². The van der Waals surface area contributed by atoms with Crippen LogP contribution in [0.15, 0.2) is 12.2 Å². The Balaban J connectivity index is 1.74. The van der Waals surface area contributed by atoms with E-state index in [1.807, 2.05) is 6.92 Å². The molecule has 7 atom stereocenters. The van der Waals surface area contributed by atoms with Gasteiger partial charge < -0.3 is 14.6 Å². The maximum Gasteiger partial charge on any atom is 0.334 e. The van der Waals surface area contributed by atoms with E-state index >= 15 is 0 Å². The van der Waals surface area contributed by atoms with Gasteiger partial charge in [0.1, 0.15) is 11.7 Å². The molecule has 4 aliphatic rings. The fourth-order valence-corrected chi connectivity index (χ4v) is 4.90. The lowest BCUT2D eigenvalue weighted by atomic mass is 9.76. The minimum atomic E-state index is -0.696. The summed E-state index contributed by atoms with van der Waals surface area (Å²) >= 11 is 0. The quantitative estimate of drug-likeness (QED) is 0.408. The molecule has 1 spiro atoms. The van der Waals surface area contributed by atoms with E-state index in [2.05, 4.69) is 13.5 Å². The number of hydrogen-bond donors (Lipinski definition) is 1. The molecule has 4 nitrogen and oxygen atoms in total. The van der Waals surface area contributed by atoms with E-state index < -0.39 is 5.60 Å². The van der Waals surface area contributed by atoms with E-state index in [1.54, 1.807) is 0 Å². The van der Waals surface area contributed by atoms with Crippen molar-refractivity contribution in [3.05, 3.63) is 12.2 Å². The first-order chi connectivity index (χ1) is 8.86. The molecular formula is C15H20O4. The highest BCUT2D eigenvalue weighted by Gasteiger charge is 2.75. The summed E-state index contributed by atoms with van der Waals surface area (Å²) in [6, 6.07) is 0. The van der Waals surface area contributed by atoms with Crippen molar-refractivity contribution >= 4 is 5.97 Å². The first-order valence-corrected chi connectivity index (χ1v) is 7.16. The van der Waals surface area contributed by atoms with Crippen LogP contribution in [0.2, 0.25) is 0 Å². The third kappa shape index (κ3) is 1.29. The smallest absolute Gasteiger partial charge is 0.334 e. The van der Waals surface area contributed by atoms with Gasteiger partial charge in [-0.1, -0.05) is 13.5 Å². The molecule has 0 radical (unpaired) electrons. The van der Waals surface area contributed by atoms with Gasteiger partial charge in [0.05, 0.1) is 11.7 Å². The lowest BCUT2D eigenvalue weighted by molar-refractivity contribution is -0.139. The molecule has 0 amide bonds. The number of hydrogen-bond acceptors (Lipinski definition) is 4. The fourth-order valence-electron chi connectivity index (χ4n) is 4.90. The number of fused-ring (bicyclic) bond motifs is 1. The molecule has 4 fully saturated rings. The van der Waals surface area contributed by atoms with Crippen molar-refractivity contribution in [1.29, 1.82) is 0 Å². The van der Waals surface area contributed by atoms with Crippen LogP contribution in [-0.2, 0) is 14.3 Å². The number of epoxide rings is 1. The van der Waals surface area contributed by atoms with Crippen LogP contribution in [0.5, 0.6) is 0 Å². The summed E-state index contributed by atoms with van der Waals surface area (Å²) in [4.78, 5) is 11.7. The SMILES string of the molecule is C=C1C(=O)O[C@@H]2C[C@H](C)[C@]34O[C@H]3C[C@@](C)(O)[C@H]4C[C@H]12. The Bertz CT molecular complexity index is 483. The Kier molecular flexibility index (Phi) is 2.03. The van der Waals surface area contributed by atoms with E-state index in [0.29, 0.717) is 17.9 Å². The molecule has 0 aromatic heterocycles. The summed E-state index contributed by atoms with van der Waals surface area (Å²) in [6.45, 7) is 7.95. The summed E-state index contributed by atoms with van der Waals surface area (Å²) in [6.07, 6.45) is 2.39. The van der Waals surface area contributed by atoms with Crippen molar-refractivity contribution in [2.24, 2.45) is 17.8 Å². The molecular weight excluding hydrogens is 244 g/mol. The second-order valence-corrected chi connectivity index (χ2v) is 7.02. The second kappa shape index (κ2) is 3.23. The highest BCUT2D eigenvalue weighted by atomic mass is 16.6. The molecule has 4 heteroatoms. The normalized spacial score (nSPS) is 59.0. The number of rotatable bonds is 0. The van der Waals surface area contributed by atoms with Crippen molar-refractivity contribution in [3.63, 3.8) is 0 Å². The zero-order chi connectivity index (χ0) is 13.6. The minimum absolute atomic E-state index is 0.0498. The van der Waals surface area contributed by atoms with Crippen LogP contribution in [0, 0.1) is 17.8 Å². The molecule has 19 heavy (non-hydrogen) atoms. The summed E-state index contributed by atoms with van der Waals surface area (Å²) < 4.78 is 11.4. The van der Waals surface area contributed by atoms with Crippen LogP contribution in [-0.4, -0.2) is 34.5 Å². The topological polar surface area (TPSA) is 59.1 Å². The third-order valence-corrected chi connectivity index (χ3v) is 5.95. The van der Waals surface area contributed by atoms with Crippen molar-refractivity contribution in [2.45, 2.75) is 56.5 Å². The molecule has 2 saturated heterocycles. The van der Waals surface area contributed by atoms with Crippen LogP contribution in [0.4, 0.5) is 0 Å². The van der Waals surface area contributed by atoms with Gasteiger partial charge in [0.25, 0.3) is 0 Å².